The van der Waals surface area contributed by atoms with Gasteiger partial charge in [0.2, 0.25) is 0 Å². The maximum Gasteiger partial charge on any atom is 0.291 e. The molecule has 0 aliphatic heterocycles. The average Bonchev–Trinajstić information content (AvgIpc) is 3.35. The Balaban J connectivity index is 1.39. The average molecular weight is 465 g/mol. The maximum absolute atomic E-state index is 13.5. The van der Waals surface area contributed by atoms with Crippen LogP contribution in [0.25, 0.3) is 0 Å². The van der Waals surface area contributed by atoms with Gasteiger partial charge in [0, 0.05) is 17.3 Å². The van der Waals surface area contributed by atoms with Crippen LogP contribution in [-0.2, 0) is 6.42 Å². The number of rotatable bonds is 5. The number of hydrogen-bond acceptors (Lipinski definition) is 3. The number of fused-ring (bicyclic) bond motifs is 1. The molecule has 152 valence electrons. The number of anilines is 1. The normalized spacial score (nSPS) is 17.4. The van der Waals surface area contributed by atoms with Crippen LogP contribution in [0.15, 0.2) is 69.8 Å². The summed E-state index contributed by atoms with van der Waals surface area (Å²) in [5, 5.41) is 2.81. The fourth-order valence-electron chi connectivity index (χ4n) is 4.25. The van der Waals surface area contributed by atoms with Crippen LogP contribution in [0.1, 0.15) is 57.3 Å². The molecule has 1 heterocycles. The standard InChI is InChI=1S/C24H21BrN2O3/c25-22-13-12-21(30-22)23(28)26-17-6-3-5-16(14-17)24(29)27(18-9-10-18)20-11-8-15-4-1-2-7-19(15)20/h1-7,12-14,18,20H,8-11H2,(H,26,28). The molecule has 2 aliphatic rings. The van der Waals surface area contributed by atoms with Crippen LogP contribution in [0, 0.1) is 0 Å². The van der Waals surface area contributed by atoms with Crippen molar-refractivity contribution in [2.45, 2.75) is 37.8 Å². The molecule has 5 nitrogen and oxygen atoms in total. The first kappa shape index (κ1) is 19.1. The zero-order chi connectivity index (χ0) is 20.7. The summed E-state index contributed by atoms with van der Waals surface area (Å²) in [5.74, 6) is -0.120. The molecule has 0 saturated heterocycles. The Bertz CT molecular complexity index is 1120. The molecule has 2 amide bonds. The first-order chi connectivity index (χ1) is 14.6. The minimum absolute atomic E-state index is 0.0241. The third-order valence-electron chi connectivity index (χ3n) is 5.78. The molecule has 1 atom stereocenters. The highest BCUT2D eigenvalue weighted by Gasteiger charge is 2.40. The lowest BCUT2D eigenvalue weighted by Crippen LogP contribution is -2.36. The van der Waals surface area contributed by atoms with Gasteiger partial charge in [-0.15, -0.1) is 0 Å². The summed E-state index contributed by atoms with van der Waals surface area (Å²) in [6.45, 7) is 0. The number of carbonyl (C=O) groups is 2. The fourth-order valence-corrected chi connectivity index (χ4v) is 4.55. The van der Waals surface area contributed by atoms with Crippen molar-refractivity contribution in [3.8, 4) is 0 Å². The monoisotopic (exact) mass is 464 g/mol. The van der Waals surface area contributed by atoms with Gasteiger partial charge in [-0.05, 0) is 83.1 Å². The van der Waals surface area contributed by atoms with Crippen LogP contribution in [0.4, 0.5) is 5.69 Å². The second kappa shape index (κ2) is 7.76. The lowest BCUT2D eigenvalue weighted by atomic mass is 10.0. The molecule has 1 N–H and O–H groups in total. The van der Waals surface area contributed by atoms with Gasteiger partial charge in [0.15, 0.2) is 10.4 Å². The second-order valence-corrected chi connectivity index (χ2v) is 8.62. The summed E-state index contributed by atoms with van der Waals surface area (Å²) >= 11 is 3.20. The Labute approximate surface area is 183 Å². The van der Waals surface area contributed by atoms with E-state index in [4.69, 9.17) is 4.42 Å². The van der Waals surface area contributed by atoms with Crippen LogP contribution in [0.5, 0.6) is 0 Å². The summed E-state index contributed by atoms with van der Waals surface area (Å²) < 4.78 is 5.80. The first-order valence-corrected chi connectivity index (χ1v) is 11.0. The number of nitrogens with one attached hydrogen (secondary N) is 1. The number of benzene rings is 2. The van der Waals surface area contributed by atoms with Crippen molar-refractivity contribution < 1.29 is 14.0 Å². The highest BCUT2D eigenvalue weighted by atomic mass is 79.9. The van der Waals surface area contributed by atoms with E-state index in [1.165, 1.54) is 11.1 Å². The van der Waals surface area contributed by atoms with Gasteiger partial charge in [0.05, 0.1) is 6.04 Å². The smallest absolute Gasteiger partial charge is 0.291 e. The van der Waals surface area contributed by atoms with Crippen molar-refractivity contribution in [2.24, 2.45) is 0 Å². The number of halogens is 1. The third kappa shape index (κ3) is 3.67. The summed E-state index contributed by atoms with van der Waals surface area (Å²) in [6, 6.07) is 19.3. The predicted molar refractivity (Wildman–Crippen MR) is 117 cm³/mol. The Morgan fingerprint density at radius 2 is 1.83 bits per heavy atom. The topological polar surface area (TPSA) is 62.6 Å². The fraction of sp³-hybridized carbons (Fsp3) is 0.250. The van der Waals surface area contributed by atoms with Crippen LogP contribution in [0.3, 0.4) is 0 Å². The minimum Gasteiger partial charge on any atom is -0.444 e. The largest absolute Gasteiger partial charge is 0.444 e. The van der Waals surface area contributed by atoms with Crippen molar-refractivity contribution >= 4 is 33.4 Å². The molecule has 1 saturated carbocycles. The van der Waals surface area contributed by atoms with Crippen molar-refractivity contribution in [1.29, 1.82) is 0 Å². The number of aryl methyl sites for hydroxylation is 1. The van der Waals surface area contributed by atoms with E-state index in [0.717, 1.165) is 25.7 Å². The van der Waals surface area contributed by atoms with E-state index in [1.807, 2.05) is 6.07 Å². The molecule has 0 spiro atoms. The molecule has 2 aromatic carbocycles. The van der Waals surface area contributed by atoms with E-state index in [-0.39, 0.29) is 23.6 Å². The molecule has 0 bridgehead atoms. The summed E-state index contributed by atoms with van der Waals surface area (Å²) in [4.78, 5) is 28.0. The predicted octanol–water partition coefficient (Wildman–Crippen LogP) is 5.59. The number of furan rings is 1. The van der Waals surface area contributed by atoms with Gasteiger partial charge in [0.1, 0.15) is 0 Å². The molecule has 2 aliphatic carbocycles. The number of amides is 2. The van der Waals surface area contributed by atoms with Gasteiger partial charge in [-0.3, -0.25) is 9.59 Å². The Morgan fingerprint density at radius 3 is 2.60 bits per heavy atom. The molecule has 6 heteroatoms. The molecular weight excluding hydrogens is 444 g/mol. The van der Waals surface area contributed by atoms with Crippen LogP contribution in [-0.4, -0.2) is 22.8 Å². The summed E-state index contributed by atoms with van der Waals surface area (Å²) in [6.07, 6.45) is 4.07. The molecule has 1 unspecified atom stereocenters. The van der Waals surface area contributed by atoms with E-state index in [1.54, 1.807) is 30.3 Å². The quantitative estimate of drug-likeness (QED) is 0.535. The summed E-state index contributed by atoms with van der Waals surface area (Å²) in [5.41, 5.74) is 3.77. The molecule has 0 radical (unpaired) electrons. The Kier molecular flexibility index (Phi) is 4.95. The highest BCUT2D eigenvalue weighted by Crippen LogP contribution is 2.42. The first-order valence-electron chi connectivity index (χ1n) is 10.2. The number of hydrogen-bond donors (Lipinski definition) is 1. The molecule has 30 heavy (non-hydrogen) atoms. The molecule has 3 aromatic rings. The van der Waals surface area contributed by atoms with E-state index in [2.05, 4.69) is 50.4 Å². The van der Waals surface area contributed by atoms with Crippen molar-refractivity contribution in [1.82, 2.24) is 4.90 Å². The number of carbonyl (C=O) groups excluding carboxylic acids is 2. The second-order valence-electron chi connectivity index (χ2n) is 7.84. The minimum atomic E-state index is -0.353. The Hall–Kier alpha value is -2.86. The molecular formula is C24H21BrN2O3. The van der Waals surface area contributed by atoms with Gasteiger partial charge in [-0.1, -0.05) is 30.3 Å². The Morgan fingerprint density at radius 1 is 1.00 bits per heavy atom. The van der Waals surface area contributed by atoms with E-state index < -0.39 is 0 Å². The third-order valence-corrected chi connectivity index (χ3v) is 6.20. The molecule has 5 rings (SSSR count). The van der Waals surface area contributed by atoms with Gasteiger partial charge < -0.3 is 14.6 Å². The van der Waals surface area contributed by atoms with Crippen LogP contribution >= 0.6 is 15.9 Å². The van der Waals surface area contributed by atoms with Crippen molar-refractivity contribution in [3.05, 3.63) is 87.8 Å². The lowest BCUT2D eigenvalue weighted by molar-refractivity contribution is 0.0658. The van der Waals surface area contributed by atoms with Crippen LogP contribution < -0.4 is 5.32 Å². The number of nitrogens with zero attached hydrogens (tertiary/aromatic N) is 1. The van der Waals surface area contributed by atoms with E-state index in [0.29, 0.717) is 22.0 Å². The highest BCUT2D eigenvalue weighted by molar-refractivity contribution is 9.10. The SMILES string of the molecule is O=C(Nc1cccc(C(=O)N(C2CC2)C2CCc3ccccc32)c1)c1ccc(Br)o1. The van der Waals surface area contributed by atoms with Gasteiger partial charge in [-0.2, -0.15) is 0 Å². The summed E-state index contributed by atoms with van der Waals surface area (Å²) in [7, 11) is 0. The van der Waals surface area contributed by atoms with Crippen molar-refractivity contribution in [2.75, 3.05) is 5.32 Å². The lowest BCUT2D eigenvalue weighted by Gasteiger charge is -2.30. The molecule has 1 aromatic heterocycles. The van der Waals surface area contributed by atoms with E-state index in [9.17, 15) is 9.59 Å². The zero-order valence-electron chi connectivity index (χ0n) is 16.3. The zero-order valence-corrected chi connectivity index (χ0v) is 17.9. The van der Waals surface area contributed by atoms with Gasteiger partial charge >= 0.3 is 0 Å². The maximum atomic E-state index is 13.5. The molecule has 1 fully saturated rings. The van der Waals surface area contributed by atoms with Crippen LogP contribution in [0.2, 0.25) is 0 Å². The van der Waals surface area contributed by atoms with Crippen molar-refractivity contribution in [3.63, 3.8) is 0 Å². The van der Waals surface area contributed by atoms with Gasteiger partial charge in [0.25, 0.3) is 11.8 Å². The van der Waals surface area contributed by atoms with E-state index >= 15 is 0 Å². The van der Waals surface area contributed by atoms with Gasteiger partial charge in [-0.25, -0.2) is 0 Å².